The highest BCUT2D eigenvalue weighted by atomic mass is 16.5. The van der Waals surface area contributed by atoms with Crippen LogP contribution in [0.5, 0.6) is 0 Å². The van der Waals surface area contributed by atoms with Gasteiger partial charge in [-0.25, -0.2) is 0 Å². The molecule has 3 unspecified atom stereocenters. The number of rotatable bonds is 9. The molecule has 3 atom stereocenters. The van der Waals surface area contributed by atoms with Crippen LogP contribution in [-0.2, 0) is 14.3 Å². The van der Waals surface area contributed by atoms with E-state index in [0.717, 1.165) is 0 Å². The molecule has 0 radical (unpaired) electrons. The van der Waals surface area contributed by atoms with Crippen molar-refractivity contribution < 1.29 is 24.5 Å². The minimum absolute atomic E-state index is 0.0000669. The molecule has 0 spiro atoms. The van der Waals surface area contributed by atoms with Gasteiger partial charge in [-0.05, 0) is 20.8 Å². The maximum Gasteiger partial charge on any atom is 0.308 e. The van der Waals surface area contributed by atoms with Crippen molar-refractivity contribution in [1.82, 2.24) is 0 Å². The van der Waals surface area contributed by atoms with Gasteiger partial charge in [0.05, 0.1) is 31.0 Å². The summed E-state index contributed by atoms with van der Waals surface area (Å²) in [4.78, 5) is 11.2. The molecule has 0 saturated heterocycles. The maximum atomic E-state index is 11.2. The largest absolute Gasteiger partial charge is 0.498 e. The molecule has 0 rings (SSSR count). The Hall–Kier alpha value is -1.07. The summed E-state index contributed by atoms with van der Waals surface area (Å²) in [5.41, 5.74) is 0. The molecule has 0 aliphatic carbocycles. The van der Waals surface area contributed by atoms with Crippen LogP contribution in [0.4, 0.5) is 0 Å². The van der Waals surface area contributed by atoms with E-state index in [1.54, 1.807) is 13.8 Å². The lowest BCUT2D eigenvalue weighted by Gasteiger charge is -2.15. The molecular formula is C13H24O5. The lowest BCUT2D eigenvalue weighted by molar-refractivity contribution is -0.150. The van der Waals surface area contributed by atoms with Gasteiger partial charge < -0.3 is 19.7 Å². The van der Waals surface area contributed by atoms with Crippen molar-refractivity contribution in [2.75, 3.05) is 6.61 Å². The summed E-state index contributed by atoms with van der Waals surface area (Å²) < 4.78 is 10.4. The van der Waals surface area contributed by atoms with Crippen LogP contribution in [-0.4, -0.2) is 41.1 Å². The second-order valence-electron chi connectivity index (χ2n) is 4.58. The van der Waals surface area contributed by atoms with Crippen LogP contribution >= 0.6 is 0 Å². The smallest absolute Gasteiger partial charge is 0.308 e. The van der Waals surface area contributed by atoms with Gasteiger partial charge in [0.2, 0.25) is 0 Å². The fourth-order valence-corrected chi connectivity index (χ4v) is 1.33. The summed E-state index contributed by atoms with van der Waals surface area (Å²) in [6, 6.07) is 0. The summed E-state index contributed by atoms with van der Waals surface area (Å²) in [5, 5.41) is 18.1. The van der Waals surface area contributed by atoms with Gasteiger partial charge in [-0.2, -0.15) is 0 Å². The van der Waals surface area contributed by atoms with E-state index in [1.807, 2.05) is 0 Å². The second-order valence-corrected chi connectivity index (χ2v) is 4.58. The zero-order valence-corrected chi connectivity index (χ0v) is 11.4. The van der Waals surface area contributed by atoms with Crippen molar-refractivity contribution in [3.05, 3.63) is 12.3 Å². The second kappa shape index (κ2) is 8.94. The Morgan fingerprint density at radius 2 is 1.72 bits per heavy atom. The first-order chi connectivity index (χ1) is 8.31. The minimum atomic E-state index is -0.688. The van der Waals surface area contributed by atoms with Crippen molar-refractivity contribution in [1.29, 1.82) is 0 Å². The first-order valence-corrected chi connectivity index (χ1v) is 6.17. The summed E-state index contributed by atoms with van der Waals surface area (Å²) >= 11 is 0. The van der Waals surface area contributed by atoms with Gasteiger partial charge in [-0.3, -0.25) is 4.79 Å². The minimum Gasteiger partial charge on any atom is -0.498 e. The summed E-state index contributed by atoms with van der Waals surface area (Å²) in [6.45, 7) is 9.02. The average molecular weight is 260 g/mol. The predicted octanol–water partition coefficient (Wildman–Crippen LogP) is 1.38. The van der Waals surface area contributed by atoms with Crippen LogP contribution in [0.3, 0.4) is 0 Å². The molecule has 0 aromatic heterocycles. The van der Waals surface area contributed by atoms with Crippen LogP contribution in [0.2, 0.25) is 0 Å². The van der Waals surface area contributed by atoms with E-state index in [1.165, 1.54) is 6.92 Å². The first kappa shape index (κ1) is 16.9. The van der Waals surface area contributed by atoms with Crippen LogP contribution in [0.1, 0.15) is 40.0 Å². The van der Waals surface area contributed by atoms with Gasteiger partial charge in [-0.1, -0.05) is 6.58 Å². The summed E-state index contributed by atoms with van der Waals surface area (Å²) in [6.07, 6.45) is -0.485. The molecule has 0 saturated carbocycles. The van der Waals surface area contributed by atoms with Gasteiger partial charge >= 0.3 is 5.97 Å². The molecule has 0 amide bonds. The Morgan fingerprint density at radius 1 is 1.17 bits per heavy atom. The van der Waals surface area contributed by atoms with Crippen molar-refractivity contribution in [2.24, 2.45) is 0 Å². The van der Waals surface area contributed by atoms with Gasteiger partial charge in [-0.15, -0.1) is 0 Å². The molecule has 0 aliphatic rings. The molecule has 0 aromatic rings. The van der Waals surface area contributed by atoms with E-state index in [9.17, 15) is 4.79 Å². The Morgan fingerprint density at radius 3 is 2.22 bits per heavy atom. The molecule has 18 heavy (non-hydrogen) atoms. The number of esters is 1. The number of aliphatic hydroxyl groups is 2. The molecule has 2 N–H and O–H groups in total. The Balaban J connectivity index is 3.67. The highest BCUT2D eigenvalue weighted by Gasteiger charge is 2.12. The zero-order chi connectivity index (χ0) is 14.1. The van der Waals surface area contributed by atoms with Crippen molar-refractivity contribution in [3.8, 4) is 0 Å². The van der Waals surface area contributed by atoms with Gasteiger partial charge in [0.1, 0.15) is 6.10 Å². The third-order valence-electron chi connectivity index (χ3n) is 2.15. The number of ether oxygens (including phenoxy) is 2. The van der Waals surface area contributed by atoms with Crippen molar-refractivity contribution in [2.45, 2.75) is 58.3 Å². The molecular weight excluding hydrogens is 236 g/mol. The fraction of sp³-hybridized carbons (Fsp3) is 0.769. The Labute approximate surface area is 108 Å². The monoisotopic (exact) mass is 260 g/mol. The quantitative estimate of drug-likeness (QED) is 0.484. The fourth-order valence-electron chi connectivity index (χ4n) is 1.33. The number of carbonyl (C=O) groups is 1. The van der Waals surface area contributed by atoms with Crippen molar-refractivity contribution >= 4 is 5.97 Å². The van der Waals surface area contributed by atoms with E-state index in [2.05, 4.69) is 6.58 Å². The van der Waals surface area contributed by atoms with Crippen molar-refractivity contribution in [3.63, 3.8) is 0 Å². The third kappa shape index (κ3) is 10.1. The van der Waals surface area contributed by atoms with Crippen LogP contribution in [0, 0.1) is 0 Å². The SMILES string of the molecule is C=C(CC(C)O)OCCC(C)OC(=O)CC(C)O. The molecule has 106 valence electrons. The number of hydrogen-bond donors (Lipinski definition) is 2. The number of carbonyl (C=O) groups excluding carboxylic acids is 1. The molecule has 5 nitrogen and oxygen atoms in total. The maximum absolute atomic E-state index is 11.2. The van der Waals surface area contributed by atoms with E-state index in [4.69, 9.17) is 19.7 Å². The molecule has 0 aromatic carbocycles. The van der Waals surface area contributed by atoms with Crippen LogP contribution < -0.4 is 0 Å². The zero-order valence-electron chi connectivity index (χ0n) is 11.4. The lowest BCUT2D eigenvalue weighted by Crippen LogP contribution is -2.20. The van der Waals surface area contributed by atoms with Gasteiger partial charge in [0, 0.05) is 12.8 Å². The molecule has 0 bridgehead atoms. The molecule has 5 heteroatoms. The topological polar surface area (TPSA) is 76.0 Å². The first-order valence-electron chi connectivity index (χ1n) is 6.17. The van der Waals surface area contributed by atoms with E-state index >= 15 is 0 Å². The third-order valence-corrected chi connectivity index (χ3v) is 2.15. The lowest BCUT2D eigenvalue weighted by atomic mass is 10.2. The molecule has 0 heterocycles. The van der Waals surface area contributed by atoms with E-state index in [-0.39, 0.29) is 12.5 Å². The standard InChI is InChI=1S/C13H24O5/c1-9(14)7-12(4)17-6-5-11(3)18-13(16)8-10(2)15/h9-11,14-15H,4-8H2,1-3H3. The van der Waals surface area contributed by atoms with Crippen LogP contribution in [0.25, 0.3) is 0 Å². The Bertz CT molecular complexity index is 260. The highest BCUT2D eigenvalue weighted by molar-refractivity contribution is 5.70. The van der Waals surface area contributed by atoms with Gasteiger partial charge in [0.25, 0.3) is 0 Å². The highest BCUT2D eigenvalue weighted by Crippen LogP contribution is 2.07. The number of aliphatic hydroxyl groups excluding tert-OH is 2. The van der Waals surface area contributed by atoms with E-state index in [0.29, 0.717) is 25.2 Å². The molecule has 0 aliphatic heterocycles. The van der Waals surface area contributed by atoms with E-state index < -0.39 is 18.2 Å². The normalized spacial score (nSPS) is 15.6. The van der Waals surface area contributed by atoms with Gasteiger partial charge in [0.15, 0.2) is 0 Å². The van der Waals surface area contributed by atoms with Crippen LogP contribution in [0.15, 0.2) is 12.3 Å². The molecule has 0 fully saturated rings. The summed E-state index contributed by atoms with van der Waals surface area (Å²) in [7, 11) is 0. The Kier molecular flexibility index (Phi) is 8.41. The number of hydrogen-bond acceptors (Lipinski definition) is 5. The average Bonchev–Trinajstić information content (AvgIpc) is 2.13. The predicted molar refractivity (Wildman–Crippen MR) is 67.9 cm³/mol. The summed E-state index contributed by atoms with van der Waals surface area (Å²) in [5.74, 6) is 0.104.